The second-order valence-corrected chi connectivity index (χ2v) is 5.71. The summed E-state index contributed by atoms with van der Waals surface area (Å²) in [6.07, 6.45) is 2.85. The lowest BCUT2D eigenvalue weighted by Gasteiger charge is -2.18. The molecule has 1 saturated carbocycles. The van der Waals surface area contributed by atoms with Crippen LogP contribution in [0.5, 0.6) is 0 Å². The van der Waals surface area contributed by atoms with Crippen LogP contribution in [-0.4, -0.2) is 24.5 Å². The first-order valence-electron chi connectivity index (χ1n) is 6.31. The molecule has 0 amide bonds. The van der Waals surface area contributed by atoms with Gasteiger partial charge in [0, 0.05) is 18.0 Å². The van der Waals surface area contributed by atoms with Crippen LogP contribution in [0.15, 0.2) is 12.1 Å². The summed E-state index contributed by atoms with van der Waals surface area (Å²) in [5, 5.41) is 0. The van der Waals surface area contributed by atoms with Crippen molar-refractivity contribution >= 4 is 11.3 Å². The van der Waals surface area contributed by atoms with Crippen molar-refractivity contribution in [1.29, 1.82) is 0 Å². The molecule has 0 aliphatic heterocycles. The van der Waals surface area contributed by atoms with Gasteiger partial charge in [-0.15, -0.1) is 11.3 Å². The smallest absolute Gasteiger partial charge is 0.0772 e. The monoisotopic (exact) mass is 248 g/mol. The van der Waals surface area contributed by atoms with Crippen LogP contribution < -0.4 is 5.73 Å². The molecule has 1 fully saturated rings. The van der Waals surface area contributed by atoms with Gasteiger partial charge in [0.25, 0.3) is 0 Å². The van der Waals surface area contributed by atoms with E-state index in [0.29, 0.717) is 6.54 Å². The summed E-state index contributed by atoms with van der Waals surface area (Å²) in [6.45, 7) is 6.15. The van der Waals surface area contributed by atoms with Crippen LogP contribution in [0.25, 0.3) is 0 Å². The molecular formula is C14H20N2S. The molecule has 17 heavy (non-hydrogen) atoms. The van der Waals surface area contributed by atoms with Crippen LogP contribution in [0.1, 0.15) is 29.5 Å². The molecule has 2 N–H and O–H groups in total. The van der Waals surface area contributed by atoms with E-state index < -0.39 is 0 Å². The van der Waals surface area contributed by atoms with E-state index in [1.165, 1.54) is 24.3 Å². The molecule has 1 aliphatic carbocycles. The van der Waals surface area contributed by atoms with Crippen molar-refractivity contribution < 1.29 is 0 Å². The molecular weight excluding hydrogens is 228 g/mol. The van der Waals surface area contributed by atoms with Gasteiger partial charge in [-0.1, -0.05) is 18.8 Å². The SMILES string of the molecule is CCN(Cc1ccc(C#CCN)s1)CC1CC1. The van der Waals surface area contributed by atoms with Crippen LogP contribution in [0.2, 0.25) is 0 Å². The highest BCUT2D eigenvalue weighted by Crippen LogP contribution is 2.30. The zero-order valence-electron chi connectivity index (χ0n) is 10.4. The topological polar surface area (TPSA) is 29.3 Å². The summed E-state index contributed by atoms with van der Waals surface area (Å²) in [5.74, 6) is 6.96. The average molecular weight is 248 g/mol. The van der Waals surface area contributed by atoms with Crippen LogP contribution in [0.4, 0.5) is 0 Å². The highest BCUT2D eigenvalue weighted by molar-refractivity contribution is 7.12. The molecule has 92 valence electrons. The highest BCUT2D eigenvalue weighted by atomic mass is 32.1. The molecule has 1 aromatic rings. The van der Waals surface area contributed by atoms with E-state index in [9.17, 15) is 0 Å². The van der Waals surface area contributed by atoms with Crippen molar-refractivity contribution in [3.8, 4) is 11.8 Å². The standard InChI is InChI=1S/C14H20N2S/c1-2-16(10-12-5-6-12)11-14-8-7-13(17-14)4-3-9-15/h7-8,12H,2,5-6,9-11,15H2,1H3. The van der Waals surface area contributed by atoms with E-state index >= 15 is 0 Å². The van der Waals surface area contributed by atoms with Crippen molar-refractivity contribution in [3.05, 3.63) is 21.9 Å². The summed E-state index contributed by atoms with van der Waals surface area (Å²) in [6, 6.07) is 4.30. The van der Waals surface area contributed by atoms with Crippen molar-refractivity contribution in [1.82, 2.24) is 4.90 Å². The van der Waals surface area contributed by atoms with Gasteiger partial charge in [-0.05, 0) is 37.4 Å². The predicted molar refractivity (Wildman–Crippen MR) is 73.9 cm³/mol. The summed E-state index contributed by atoms with van der Waals surface area (Å²) in [4.78, 5) is 5.07. The molecule has 0 radical (unpaired) electrons. The Kier molecular flexibility index (Phi) is 4.61. The van der Waals surface area contributed by atoms with Crippen molar-refractivity contribution in [2.24, 2.45) is 11.7 Å². The van der Waals surface area contributed by atoms with Gasteiger partial charge in [-0.3, -0.25) is 4.90 Å². The number of rotatable bonds is 5. The summed E-state index contributed by atoms with van der Waals surface area (Å²) < 4.78 is 0. The molecule has 0 aromatic carbocycles. The Hall–Kier alpha value is -0.820. The van der Waals surface area contributed by atoms with Gasteiger partial charge in [0.2, 0.25) is 0 Å². The quantitative estimate of drug-likeness (QED) is 0.810. The fourth-order valence-electron chi connectivity index (χ4n) is 1.86. The van der Waals surface area contributed by atoms with Gasteiger partial charge in [0.15, 0.2) is 0 Å². The number of nitrogens with two attached hydrogens (primary N) is 1. The lowest BCUT2D eigenvalue weighted by atomic mass is 10.3. The van der Waals surface area contributed by atoms with Gasteiger partial charge in [-0.2, -0.15) is 0 Å². The minimum Gasteiger partial charge on any atom is -0.320 e. The molecule has 1 aliphatic rings. The maximum Gasteiger partial charge on any atom is 0.0772 e. The van der Waals surface area contributed by atoms with E-state index in [1.54, 1.807) is 11.3 Å². The molecule has 0 bridgehead atoms. The van der Waals surface area contributed by atoms with Crippen LogP contribution in [0, 0.1) is 17.8 Å². The van der Waals surface area contributed by atoms with Crippen LogP contribution in [-0.2, 0) is 6.54 Å². The minimum absolute atomic E-state index is 0.440. The fraction of sp³-hybridized carbons (Fsp3) is 0.571. The van der Waals surface area contributed by atoms with Gasteiger partial charge in [0.05, 0.1) is 11.4 Å². The van der Waals surface area contributed by atoms with Gasteiger partial charge < -0.3 is 5.73 Å². The molecule has 2 nitrogen and oxygen atoms in total. The third-order valence-corrected chi connectivity index (χ3v) is 4.00. The lowest BCUT2D eigenvalue weighted by Crippen LogP contribution is -2.24. The van der Waals surface area contributed by atoms with E-state index in [-0.39, 0.29) is 0 Å². The third-order valence-electron chi connectivity index (χ3n) is 3.02. The summed E-state index contributed by atoms with van der Waals surface area (Å²) >= 11 is 1.79. The molecule has 2 rings (SSSR count). The Morgan fingerprint density at radius 2 is 2.29 bits per heavy atom. The van der Waals surface area contributed by atoms with Gasteiger partial charge in [0.1, 0.15) is 0 Å². The van der Waals surface area contributed by atoms with Crippen molar-refractivity contribution in [2.75, 3.05) is 19.6 Å². The Morgan fingerprint density at radius 3 is 2.94 bits per heavy atom. The van der Waals surface area contributed by atoms with E-state index in [2.05, 4.69) is 35.8 Å². The van der Waals surface area contributed by atoms with Crippen molar-refractivity contribution in [3.63, 3.8) is 0 Å². The second-order valence-electron chi connectivity index (χ2n) is 4.54. The normalized spacial score (nSPS) is 14.8. The Bertz CT molecular complexity index is 409. The number of nitrogens with zero attached hydrogens (tertiary/aromatic N) is 1. The number of thiophene rings is 1. The zero-order chi connectivity index (χ0) is 12.1. The first-order chi connectivity index (χ1) is 8.31. The maximum absolute atomic E-state index is 5.37. The van der Waals surface area contributed by atoms with E-state index in [0.717, 1.165) is 23.9 Å². The molecule has 3 heteroatoms. The van der Waals surface area contributed by atoms with Gasteiger partial charge >= 0.3 is 0 Å². The fourth-order valence-corrected chi connectivity index (χ4v) is 2.78. The summed E-state index contributed by atoms with van der Waals surface area (Å²) in [7, 11) is 0. The first-order valence-corrected chi connectivity index (χ1v) is 7.13. The molecule has 0 unspecified atom stereocenters. The summed E-state index contributed by atoms with van der Waals surface area (Å²) in [5.41, 5.74) is 5.37. The van der Waals surface area contributed by atoms with E-state index in [4.69, 9.17) is 5.73 Å². The van der Waals surface area contributed by atoms with Crippen molar-refractivity contribution in [2.45, 2.75) is 26.3 Å². The van der Waals surface area contributed by atoms with Gasteiger partial charge in [-0.25, -0.2) is 0 Å². The molecule has 1 heterocycles. The third kappa shape index (κ3) is 4.16. The van der Waals surface area contributed by atoms with E-state index in [1.807, 2.05) is 0 Å². The lowest BCUT2D eigenvalue weighted by molar-refractivity contribution is 0.271. The predicted octanol–water partition coefficient (Wildman–Crippen LogP) is 2.29. The zero-order valence-corrected chi connectivity index (χ0v) is 11.2. The molecule has 1 aromatic heterocycles. The Labute approximate surface area is 108 Å². The maximum atomic E-state index is 5.37. The Balaban J connectivity index is 1.89. The molecule has 0 atom stereocenters. The average Bonchev–Trinajstić information content (AvgIpc) is 3.04. The highest BCUT2D eigenvalue weighted by Gasteiger charge is 2.23. The number of hydrogen-bond acceptors (Lipinski definition) is 3. The molecule has 0 spiro atoms. The molecule has 0 saturated heterocycles. The van der Waals surface area contributed by atoms with Crippen LogP contribution in [0.3, 0.4) is 0 Å². The largest absolute Gasteiger partial charge is 0.320 e. The first kappa shape index (κ1) is 12.6. The van der Waals surface area contributed by atoms with Crippen LogP contribution >= 0.6 is 11.3 Å². The minimum atomic E-state index is 0.440. The number of hydrogen-bond donors (Lipinski definition) is 1. The second kappa shape index (κ2) is 6.20. The Morgan fingerprint density at radius 1 is 1.47 bits per heavy atom.